The standard InChI is InChI=1S/C27H28N2O6/c1-16-14-20-21(15-17(16)2)35-25-22(24(20)30)23(18-4-6-19(7-5-18)27(32)33-3)29(26(25)31)9-8-28-10-12-34-13-11-28/h4-7,14-15,23H,8-13H2,1-3H3. The maximum atomic E-state index is 13.7. The Balaban J connectivity index is 1.60. The van der Waals surface area contributed by atoms with Gasteiger partial charge in [-0.15, -0.1) is 0 Å². The first-order valence-electron chi connectivity index (χ1n) is 11.8. The molecule has 0 aliphatic carbocycles. The van der Waals surface area contributed by atoms with Crippen molar-refractivity contribution in [3.05, 3.63) is 80.2 Å². The van der Waals surface area contributed by atoms with E-state index < -0.39 is 12.0 Å². The molecule has 0 bridgehead atoms. The molecule has 8 heteroatoms. The van der Waals surface area contributed by atoms with E-state index in [1.807, 2.05) is 26.0 Å². The average molecular weight is 477 g/mol. The zero-order valence-corrected chi connectivity index (χ0v) is 20.1. The predicted octanol–water partition coefficient (Wildman–Crippen LogP) is 3.07. The molecular formula is C27H28N2O6. The quantitative estimate of drug-likeness (QED) is 0.523. The van der Waals surface area contributed by atoms with E-state index in [1.165, 1.54) is 7.11 Å². The van der Waals surface area contributed by atoms with E-state index in [4.69, 9.17) is 13.9 Å². The largest absolute Gasteiger partial charge is 0.465 e. The number of methoxy groups -OCH3 is 1. The molecule has 1 amide bonds. The van der Waals surface area contributed by atoms with Crippen LogP contribution in [0.2, 0.25) is 0 Å². The molecule has 1 saturated heterocycles. The van der Waals surface area contributed by atoms with Crippen LogP contribution in [0.1, 0.15) is 49.2 Å². The Bertz CT molecular complexity index is 1350. The summed E-state index contributed by atoms with van der Waals surface area (Å²) >= 11 is 0. The smallest absolute Gasteiger partial charge is 0.337 e. The van der Waals surface area contributed by atoms with Gasteiger partial charge in [0, 0.05) is 26.2 Å². The summed E-state index contributed by atoms with van der Waals surface area (Å²) in [6, 6.07) is 9.88. The summed E-state index contributed by atoms with van der Waals surface area (Å²) < 4.78 is 16.3. The van der Waals surface area contributed by atoms with Crippen LogP contribution in [0.25, 0.3) is 11.0 Å². The maximum Gasteiger partial charge on any atom is 0.337 e. The third-order valence-corrected chi connectivity index (χ3v) is 6.99. The summed E-state index contributed by atoms with van der Waals surface area (Å²) in [6.07, 6.45) is 0. The Morgan fingerprint density at radius 2 is 1.71 bits per heavy atom. The summed E-state index contributed by atoms with van der Waals surface area (Å²) in [5.41, 5.74) is 3.68. The van der Waals surface area contributed by atoms with Gasteiger partial charge in [0.2, 0.25) is 5.76 Å². The lowest BCUT2D eigenvalue weighted by atomic mass is 9.96. The van der Waals surface area contributed by atoms with Crippen LogP contribution < -0.4 is 5.43 Å². The minimum absolute atomic E-state index is 0.0924. The number of hydrogen-bond acceptors (Lipinski definition) is 7. The molecule has 3 aromatic rings. The molecule has 1 atom stereocenters. The molecule has 182 valence electrons. The number of hydrogen-bond donors (Lipinski definition) is 0. The number of aryl methyl sites for hydroxylation is 2. The van der Waals surface area contributed by atoms with Crippen LogP contribution in [-0.4, -0.2) is 68.2 Å². The zero-order chi connectivity index (χ0) is 24.7. The second-order valence-corrected chi connectivity index (χ2v) is 9.08. The van der Waals surface area contributed by atoms with Gasteiger partial charge in [0.05, 0.1) is 42.9 Å². The van der Waals surface area contributed by atoms with E-state index in [-0.39, 0.29) is 17.1 Å². The molecule has 0 spiro atoms. The summed E-state index contributed by atoms with van der Waals surface area (Å²) in [7, 11) is 1.33. The van der Waals surface area contributed by atoms with Gasteiger partial charge in [0.25, 0.3) is 5.91 Å². The number of benzene rings is 2. The highest BCUT2D eigenvalue weighted by Gasteiger charge is 2.42. The SMILES string of the molecule is COC(=O)c1ccc(C2c3c(oc4cc(C)c(C)cc4c3=O)C(=O)N2CCN2CCOCC2)cc1. The number of amides is 1. The lowest BCUT2D eigenvalue weighted by Crippen LogP contribution is -2.42. The number of fused-ring (bicyclic) bond motifs is 2. The Morgan fingerprint density at radius 1 is 1.03 bits per heavy atom. The molecule has 35 heavy (non-hydrogen) atoms. The summed E-state index contributed by atoms with van der Waals surface area (Å²) in [6.45, 7) is 7.91. The van der Waals surface area contributed by atoms with Crippen molar-refractivity contribution in [2.75, 3.05) is 46.5 Å². The number of rotatable bonds is 5. The molecule has 2 aliphatic heterocycles. The Morgan fingerprint density at radius 3 is 2.40 bits per heavy atom. The van der Waals surface area contributed by atoms with E-state index in [0.717, 1.165) is 29.8 Å². The van der Waals surface area contributed by atoms with Crippen LogP contribution in [-0.2, 0) is 9.47 Å². The van der Waals surface area contributed by atoms with Crippen LogP contribution in [0.15, 0.2) is 45.6 Å². The molecule has 0 saturated carbocycles. The Kier molecular flexibility index (Phi) is 6.17. The van der Waals surface area contributed by atoms with Gasteiger partial charge < -0.3 is 18.8 Å². The van der Waals surface area contributed by atoms with Gasteiger partial charge in [-0.3, -0.25) is 14.5 Å². The van der Waals surface area contributed by atoms with Gasteiger partial charge in [-0.05, 0) is 54.8 Å². The normalized spacial score (nSPS) is 18.2. The van der Waals surface area contributed by atoms with Crippen molar-refractivity contribution < 1.29 is 23.5 Å². The van der Waals surface area contributed by atoms with E-state index in [1.54, 1.807) is 29.2 Å². The van der Waals surface area contributed by atoms with Gasteiger partial charge in [-0.25, -0.2) is 4.79 Å². The average Bonchev–Trinajstić information content (AvgIpc) is 3.16. The van der Waals surface area contributed by atoms with E-state index in [9.17, 15) is 14.4 Å². The third-order valence-electron chi connectivity index (χ3n) is 6.99. The summed E-state index contributed by atoms with van der Waals surface area (Å²) in [5, 5.41) is 0.464. The monoisotopic (exact) mass is 476 g/mol. The van der Waals surface area contributed by atoms with E-state index in [0.29, 0.717) is 48.4 Å². The van der Waals surface area contributed by atoms with Gasteiger partial charge in [-0.1, -0.05) is 12.1 Å². The predicted molar refractivity (Wildman–Crippen MR) is 130 cm³/mol. The number of ether oxygens (including phenoxy) is 2. The second-order valence-electron chi connectivity index (χ2n) is 9.08. The van der Waals surface area contributed by atoms with Crippen molar-refractivity contribution in [2.45, 2.75) is 19.9 Å². The summed E-state index contributed by atoms with van der Waals surface area (Å²) in [4.78, 5) is 43.2. The Hall–Kier alpha value is -3.49. The lowest BCUT2D eigenvalue weighted by molar-refractivity contribution is 0.0314. The number of carbonyl (C=O) groups excluding carboxylic acids is 2. The topological polar surface area (TPSA) is 89.3 Å². The molecule has 0 radical (unpaired) electrons. The fourth-order valence-corrected chi connectivity index (χ4v) is 4.85. The van der Waals surface area contributed by atoms with Crippen LogP contribution in [0.5, 0.6) is 0 Å². The lowest BCUT2D eigenvalue weighted by Gasteiger charge is -2.31. The fourth-order valence-electron chi connectivity index (χ4n) is 4.85. The highest BCUT2D eigenvalue weighted by atomic mass is 16.5. The third kappa shape index (κ3) is 4.13. The van der Waals surface area contributed by atoms with Gasteiger partial charge in [-0.2, -0.15) is 0 Å². The first-order chi connectivity index (χ1) is 16.9. The van der Waals surface area contributed by atoms with Crippen LogP contribution in [0.3, 0.4) is 0 Å². The van der Waals surface area contributed by atoms with Gasteiger partial charge in [0.1, 0.15) is 5.58 Å². The molecular weight excluding hydrogens is 448 g/mol. The zero-order valence-electron chi connectivity index (χ0n) is 20.1. The first-order valence-corrected chi connectivity index (χ1v) is 11.8. The highest BCUT2D eigenvalue weighted by molar-refractivity contribution is 5.99. The Labute approximate surface area is 203 Å². The summed E-state index contributed by atoms with van der Waals surface area (Å²) in [5.74, 6) is -0.651. The molecule has 1 aromatic heterocycles. The number of carbonyl (C=O) groups is 2. The molecule has 0 N–H and O–H groups in total. The van der Waals surface area contributed by atoms with Crippen molar-refractivity contribution >= 4 is 22.8 Å². The van der Waals surface area contributed by atoms with Crippen molar-refractivity contribution in [2.24, 2.45) is 0 Å². The molecule has 5 rings (SSSR count). The van der Waals surface area contributed by atoms with Crippen molar-refractivity contribution in [3.63, 3.8) is 0 Å². The fraction of sp³-hybridized carbons (Fsp3) is 0.370. The van der Waals surface area contributed by atoms with Gasteiger partial charge in [0.15, 0.2) is 5.43 Å². The first kappa shape index (κ1) is 23.3. The van der Waals surface area contributed by atoms with Crippen molar-refractivity contribution in [3.8, 4) is 0 Å². The van der Waals surface area contributed by atoms with Crippen LogP contribution in [0, 0.1) is 13.8 Å². The minimum Gasteiger partial charge on any atom is -0.465 e. The van der Waals surface area contributed by atoms with Crippen LogP contribution in [0.4, 0.5) is 0 Å². The molecule has 2 aliphatic rings. The maximum absolute atomic E-state index is 13.7. The van der Waals surface area contributed by atoms with Gasteiger partial charge >= 0.3 is 5.97 Å². The molecule has 2 aromatic carbocycles. The van der Waals surface area contributed by atoms with E-state index >= 15 is 0 Å². The van der Waals surface area contributed by atoms with E-state index in [2.05, 4.69) is 4.90 Å². The number of nitrogens with zero attached hydrogens (tertiary/aromatic N) is 2. The molecule has 1 unspecified atom stereocenters. The molecule has 1 fully saturated rings. The molecule has 3 heterocycles. The number of morpholine rings is 1. The number of esters is 1. The second kappa shape index (κ2) is 9.28. The highest BCUT2D eigenvalue weighted by Crippen LogP contribution is 2.38. The van der Waals surface area contributed by atoms with Crippen LogP contribution >= 0.6 is 0 Å². The van der Waals surface area contributed by atoms with Crippen molar-refractivity contribution in [1.82, 2.24) is 9.80 Å². The van der Waals surface area contributed by atoms with Crippen molar-refractivity contribution in [1.29, 1.82) is 0 Å². The minimum atomic E-state index is -0.604. The molecule has 8 nitrogen and oxygen atoms in total.